The van der Waals surface area contributed by atoms with Gasteiger partial charge in [0.15, 0.2) is 0 Å². The fraction of sp³-hybridized carbons (Fsp3) is 0.509. The molecule has 3 aliphatic rings. The van der Waals surface area contributed by atoms with Crippen molar-refractivity contribution in [3.05, 3.63) is 99.6 Å². The van der Waals surface area contributed by atoms with E-state index < -0.39 is 17.5 Å². The van der Waals surface area contributed by atoms with Crippen LogP contribution >= 0.6 is 22.9 Å². The molecule has 1 aromatic heterocycles. The number of carbonyl (C=O) groups is 4. The van der Waals surface area contributed by atoms with Gasteiger partial charge in [-0.15, -0.1) is 11.3 Å². The zero-order chi connectivity index (χ0) is 49.8. The van der Waals surface area contributed by atoms with Crippen molar-refractivity contribution in [3.63, 3.8) is 0 Å². The highest BCUT2D eigenvalue weighted by molar-refractivity contribution is 7.13. The molecule has 0 bridgehead atoms. The summed E-state index contributed by atoms with van der Waals surface area (Å²) in [5, 5.41) is 18.9. The van der Waals surface area contributed by atoms with Crippen molar-refractivity contribution in [3.8, 4) is 22.3 Å². The molecule has 14 nitrogen and oxygen atoms in total. The van der Waals surface area contributed by atoms with Gasteiger partial charge in [0.2, 0.25) is 17.7 Å². The van der Waals surface area contributed by atoms with Crippen molar-refractivity contribution < 1.29 is 28.7 Å². The summed E-state index contributed by atoms with van der Waals surface area (Å²) in [7, 11) is 0. The minimum absolute atomic E-state index is 0.140. The third-order valence-corrected chi connectivity index (χ3v) is 15.4. The van der Waals surface area contributed by atoms with Gasteiger partial charge >= 0.3 is 0 Å². The van der Waals surface area contributed by atoms with Crippen molar-refractivity contribution >= 4 is 52.3 Å². The summed E-state index contributed by atoms with van der Waals surface area (Å²) in [5.74, 6) is -0.399. The number of nitrogens with zero attached hydrogens (tertiary/aromatic N) is 5. The number of hydrogen-bond donors (Lipinski definition) is 3. The second-order valence-electron chi connectivity index (χ2n) is 20.9. The summed E-state index contributed by atoms with van der Waals surface area (Å²) in [4.78, 5) is 66.2. The van der Waals surface area contributed by atoms with Crippen LogP contribution in [0.15, 0.2) is 72.2 Å². The molecule has 1 saturated carbocycles. The number of rotatable bonds is 16. The number of anilines is 1. The summed E-state index contributed by atoms with van der Waals surface area (Å²) in [6, 6.07) is 21.1. The summed E-state index contributed by atoms with van der Waals surface area (Å²) in [6.45, 7) is 22.5. The van der Waals surface area contributed by atoms with Crippen molar-refractivity contribution in [2.75, 3.05) is 57.4 Å². The van der Waals surface area contributed by atoms with Crippen LogP contribution in [0.25, 0.3) is 10.4 Å². The van der Waals surface area contributed by atoms with Crippen molar-refractivity contribution in [1.29, 1.82) is 5.26 Å². The Balaban J connectivity index is 0.822. The highest BCUT2D eigenvalue weighted by Crippen LogP contribution is 2.55. The van der Waals surface area contributed by atoms with Crippen LogP contribution in [0.4, 0.5) is 5.69 Å². The van der Waals surface area contributed by atoms with Crippen molar-refractivity contribution in [2.45, 2.75) is 105 Å². The van der Waals surface area contributed by atoms with E-state index in [4.69, 9.17) is 21.1 Å². The van der Waals surface area contributed by atoms with Crippen LogP contribution in [-0.4, -0.2) is 115 Å². The molecule has 0 spiro atoms. The Morgan fingerprint density at radius 1 is 0.942 bits per heavy atom. The predicted molar refractivity (Wildman–Crippen MR) is 270 cm³/mol. The number of carbonyl (C=O) groups excluding carboxylic acids is 4. The van der Waals surface area contributed by atoms with Gasteiger partial charge in [0.1, 0.15) is 36.6 Å². The highest BCUT2D eigenvalue weighted by atomic mass is 35.5. The van der Waals surface area contributed by atoms with E-state index in [2.05, 4.69) is 64.5 Å². The molecule has 3 aromatic carbocycles. The van der Waals surface area contributed by atoms with E-state index in [1.165, 1.54) is 0 Å². The Kier molecular flexibility index (Phi) is 15.8. The molecular weight excluding hydrogens is 912 g/mol. The number of halogens is 1. The fourth-order valence-electron chi connectivity index (χ4n) is 10.4. The van der Waals surface area contributed by atoms with E-state index in [-0.39, 0.29) is 59.3 Å². The summed E-state index contributed by atoms with van der Waals surface area (Å²) in [6.07, 6.45) is 1.06. The first-order chi connectivity index (χ1) is 32.7. The largest absolute Gasteiger partial charge is 0.489 e. The zero-order valence-corrected chi connectivity index (χ0v) is 42.9. The minimum atomic E-state index is -0.837. The lowest BCUT2D eigenvalue weighted by molar-refractivity contribution is -0.164. The van der Waals surface area contributed by atoms with E-state index in [1.807, 2.05) is 88.7 Å². The first kappa shape index (κ1) is 51.3. The molecule has 3 fully saturated rings. The van der Waals surface area contributed by atoms with Gasteiger partial charge in [0.25, 0.3) is 5.91 Å². The fourth-order valence-corrected chi connectivity index (χ4v) is 11.5. The van der Waals surface area contributed by atoms with E-state index in [0.717, 1.165) is 53.6 Å². The van der Waals surface area contributed by atoms with E-state index in [1.54, 1.807) is 34.4 Å². The van der Waals surface area contributed by atoms with Crippen LogP contribution in [0.2, 0.25) is 5.02 Å². The van der Waals surface area contributed by atoms with E-state index >= 15 is 0 Å². The molecule has 2 saturated heterocycles. The maximum Gasteiger partial charge on any atom is 0.251 e. The number of likely N-dealkylation sites (tertiary alicyclic amines) is 1. The third kappa shape index (κ3) is 11.6. The number of aromatic nitrogens is 1. The molecule has 16 heteroatoms. The lowest BCUT2D eigenvalue weighted by atomic mass is 9.49. The molecule has 3 heterocycles. The first-order valence-corrected chi connectivity index (χ1v) is 25.2. The van der Waals surface area contributed by atoms with Gasteiger partial charge in [-0.1, -0.05) is 84.3 Å². The number of thiazole rings is 1. The number of ether oxygens (including phenoxy) is 2. The molecule has 2 aliphatic heterocycles. The number of nitrogens with one attached hydrogen (secondary N) is 3. The Bertz CT molecular complexity index is 2510. The normalized spacial score (nSPS) is 20.8. The standard InChI is InChI=1S/C53H67ClN8O6S/c1-33(35-12-14-36(15-13-35)44-34(2)56-32-69-44)57-47(65)42-11-10-22-62(42)48(66)45(51(3,4)5)58-43(63)31-67-28-27-60-23-25-61(26-24-60)39-19-16-37(17-20-39)46(64)59-49-52(6,7)50(53(49,8)9)68-40-21-18-38(30-55)41(54)29-40/h12-21,29,32-33,42,45,49-50H,10-11,22-28,31H2,1-9H3,(H,57,65)(H,58,63)(H,59,64)/t33-,42-,45?,49-,50-/m0/s1. The lowest BCUT2D eigenvalue weighted by Crippen LogP contribution is -2.74. The van der Waals surface area contributed by atoms with Gasteiger partial charge in [-0.25, -0.2) is 4.98 Å². The van der Waals surface area contributed by atoms with Gasteiger partial charge < -0.3 is 35.2 Å². The molecule has 4 amide bonds. The van der Waals surface area contributed by atoms with E-state index in [0.29, 0.717) is 54.4 Å². The summed E-state index contributed by atoms with van der Waals surface area (Å²) >= 11 is 7.86. The predicted octanol–water partition coefficient (Wildman–Crippen LogP) is 7.79. The number of benzene rings is 3. The topological polar surface area (TPSA) is 169 Å². The summed E-state index contributed by atoms with van der Waals surface area (Å²) in [5.41, 5.74) is 5.54. The molecule has 4 aromatic rings. The van der Waals surface area contributed by atoms with Crippen molar-refractivity contribution in [1.82, 2.24) is 30.7 Å². The number of nitriles is 1. The summed E-state index contributed by atoms with van der Waals surface area (Å²) < 4.78 is 12.2. The van der Waals surface area contributed by atoms with Gasteiger partial charge in [0.05, 0.1) is 39.3 Å². The molecule has 1 aliphatic carbocycles. The smallest absolute Gasteiger partial charge is 0.251 e. The van der Waals surface area contributed by atoms with Crippen LogP contribution in [0.5, 0.6) is 5.75 Å². The van der Waals surface area contributed by atoms with Gasteiger partial charge in [-0.2, -0.15) is 5.26 Å². The average Bonchev–Trinajstić information content (AvgIpc) is 4.00. The number of amides is 4. The Morgan fingerprint density at radius 3 is 2.23 bits per heavy atom. The maximum atomic E-state index is 14.1. The molecule has 3 atom stereocenters. The molecular formula is C53H67ClN8O6S. The van der Waals surface area contributed by atoms with Crippen LogP contribution < -0.4 is 25.6 Å². The Morgan fingerprint density at radius 2 is 1.62 bits per heavy atom. The monoisotopic (exact) mass is 978 g/mol. The number of piperazine rings is 1. The molecule has 69 heavy (non-hydrogen) atoms. The van der Waals surface area contributed by atoms with Crippen LogP contribution in [-0.2, 0) is 19.1 Å². The van der Waals surface area contributed by atoms with Gasteiger partial charge in [-0.3, -0.25) is 24.1 Å². The zero-order valence-electron chi connectivity index (χ0n) is 41.4. The first-order valence-electron chi connectivity index (χ1n) is 23.9. The van der Waals surface area contributed by atoms with Crippen LogP contribution in [0.1, 0.15) is 101 Å². The molecule has 3 N–H and O–H groups in total. The van der Waals surface area contributed by atoms with Gasteiger partial charge in [-0.05, 0) is 79.6 Å². The second-order valence-corrected chi connectivity index (χ2v) is 22.2. The van der Waals surface area contributed by atoms with Crippen LogP contribution in [0, 0.1) is 34.5 Å². The number of aryl methyl sites for hydroxylation is 1. The SMILES string of the molecule is Cc1ncsc1-c1ccc([C@H](C)NC(=O)[C@@H]2CCCN2C(=O)C(NC(=O)COCCN2CCN(c3ccc(C(=O)N[C@H]4C(C)(C)[C@H](Oc5ccc(C#N)c(Cl)c5)C4(C)C)cc3)CC2)C(C)(C)C)cc1. The van der Waals surface area contributed by atoms with Gasteiger partial charge in [0, 0.05) is 73.5 Å². The van der Waals surface area contributed by atoms with Crippen LogP contribution in [0.3, 0.4) is 0 Å². The lowest BCUT2D eigenvalue weighted by Gasteiger charge is -2.63. The quantitative estimate of drug-likeness (QED) is 0.0943. The minimum Gasteiger partial charge on any atom is -0.489 e. The molecule has 0 radical (unpaired) electrons. The molecule has 1 unspecified atom stereocenters. The Hall–Kier alpha value is -5.53. The second kappa shape index (κ2) is 21.2. The molecule has 368 valence electrons. The third-order valence-electron chi connectivity index (χ3n) is 14.1. The average molecular weight is 980 g/mol. The Labute approximate surface area is 416 Å². The van der Waals surface area contributed by atoms with E-state index in [9.17, 15) is 24.4 Å². The molecule has 7 rings (SSSR count). The van der Waals surface area contributed by atoms with Crippen molar-refractivity contribution in [2.24, 2.45) is 16.2 Å². The highest BCUT2D eigenvalue weighted by Gasteiger charge is 2.64. The number of hydrogen-bond acceptors (Lipinski definition) is 11. The maximum absolute atomic E-state index is 14.1.